The van der Waals surface area contributed by atoms with Crippen LogP contribution >= 0.6 is 11.6 Å². The fourth-order valence-corrected chi connectivity index (χ4v) is 4.80. The summed E-state index contributed by atoms with van der Waals surface area (Å²) in [6.45, 7) is 0. The molecule has 1 aromatic carbocycles. The minimum atomic E-state index is 0.196. The van der Waals surface area contributed by atoms with Crippen LogP contribution in [0.2, 0.25) is 5.02 Å². The molecule has 2 aromatic heterocycles. The molecule has 2 bridgehead atoms. The van der Waals surface area contributed by atoms with Crippen LogP contribution in [0.5, 0.6) is 0 Å². The molecule has 148 valence electrons. The zero-order chi connectivity index (χ0) is 19.8. The van der Waals surface area contributed by atoms with Crippen molar-refractivity contribution in [2.24, 2.45) is 0 Å². The van der Waals surface area contributed by atoms with E-state index in [2.05, 4.69) is 20.0 Å². The first-order chi connectivity index (χ1) is 14.2. The maximum absolute atomic E-state index is 13.0. The van der Waals surface area contributed by atoms with E-state index in [1.54, 1.807) is 12.4 Å². The molecule has 0 N–H and O–H groups in total. The van der Waals surface area contributed by atoms with Crippen molar-refractivity contribution < 1.29 is 9.32 Å². The van der Waals surface area contributed by atoms with Crippen molar-refractivity contribution in [2.75, 3.05) is 0 Å². The maximum atomic E-state index is 13.0. The lowest BCUT2D eigenvalue weighted by atomic mass is 9.90. The normalized spacial score (nSPS) is 23.3. The average Bonchev–Trinajstić information content (AvgIpc) is 3.33. The summed E-state index contributed by atoms with van der Waals surface area (Å²) >= 11 is 5.95. The largest absolute Gasteiger partial charge is 0.339 e. The van der Waals surface area contributed by atoms with Gasteiger partial charge in [-0.1, -0.05) is 28.9 Å². The molecule has 0 radical (unpaired) electrons. The van der Waals surface area contributed by atoms with Crippen molar-refractivity contribution in [3.63, 3.8) is 0 Å². The van der Waals surface area contributed by atoms with Crippen molar-refractivity contribution in [3.8, 4) is 11.4 Å². The van der Waals surface area contributed by atoms with E-state index in [1.807, 2.05) is 36.4 Å². The van der Waals surface area contributed by atoms with E-state index in [-0.39, 0.29) is 23.9 Å². The molecule has 2 aliphatic heterocycles. The van der Waals surface area contributed by atoms with Gasteiger partial charge < -0.3 is 9.42 Å². The summed E-state index contributed by atoms with van der Waals surface area (Å²) in [4.78, 5) is 23.7. The van der Waals surface area contributed by atoms with Crippen molar-refractivity contribution >= 4 is 17.5 Å². The summed E-state index contributed by atoms with van der Waals surface area (Å²) in [6.07, 6.45) is 7.69. The number of halogens is 1. The summed E-state index contributed by atoms with van der Waals surface area (Å²) in [7, 11) is 0. The number of fused-ring (bicyclic) bond motifs is 2. The first-order valence-electron chi connectivity index (χ1n) is 9.97. The second kappa shape index (κ2) is 7.59. The van der Waals surface area contributed by atoms with Gasteiger partial charge >= 0.3 is 0 Å². The number of pyridine rings is 1. The van der Waals surface area contributed by atoms with Gasteiger partial charge in [-0.25, -0.2) is 0 Å². The molecular weight excluding hydrogens is 388 g/mol. The minimum absolute atomic E-state index is 0.196. The molecule has 7 heteroatoms. The Morgan fingerprint density at radius 2 is 1.76 bits per heavy atom. The monoisotopic (exact) mass is 408 g/mol. The molecule has 0 spiro atoms. The summed E-state index contributed by atoms with van der Waals surface area (Å²) in [5, 5.41) is 4.83. The van der Waals surface area contributed by atoms with Gasteiger partial charge in [0.1, 0.15) is 0 Å². The lowest BCUT2D eigenvalue weighted by Crippen LogP contribution is -2.46. The van der Waals surface area contributed by atoms with E-state index in [4.69, 9.17) is 16.1 Å². The summed E-state index contributed by atoms with van der Waals surface area (Å²) in [5.74, 6) is 1.67. The molecule has 2 saturated heterocycles. The molecule has 2 fully saturated rings. The van der Waals surface area contributed by atoms with Gasteiger partial charge in [0.05, 0.1) is 6.42 Å². The van der Waals surface area contributed by atoms with Gasteiger partial charge in [0.15, 0.2) is 0 Å². The van der Waals surface area contributed by atoms with Crippen LogP contribution in [0.4, 0.5) is 0 Å². The van der Waals surface area contributed by atoms with Gasteiger partial charge in [0, 0.05) is 41.0 Å². The molecule has 2 aliphatic rings. The van der Waals surface area contributed by atoms with Gasteiger partial charge in [0.25, 0.3) is 0 Å². The minimum Gasteiger partial charge on any atom is -0.339 e. The van der Waals surface area contributed by atoms with Crippen LogP contribution in [0.3, 0.4) is 0 Å². The number of aromatic nitrogens is 3. The Balaban J connectivity index is 1.28. The second-order valence-corrected chi connectivity index (χ2v) is 8.29. The Morgan fingerprint density at radius 3 is 2.45 bits per heavy atom. The first kappa shape index (κ1) is 18.3. The number of hydrogen-bond donors (Lipinski definition) is 0. The predicted octanol–water partition coefficient (Wildman–Crippen LogP) is 4.26. The van der Waals surface area contributed by atoms with Gasteiger partial charge in [-0.2, -0.15) is 4.98 Å². The van der Waals surface area contributed by atoms with Gasteiger partial charge in [-0.3, -0.25) is 9.78 Å². The Bertz CT molecular complexity index is 991. The van der Waals surface area contributed by atoms with Crippen molar-refractivity contribution in [1.82, 2.24) is 20.0 Å². The topological polar surface area (TPSA) is 72.1 Å². The number of hydrogen-bond acceptors (Lipinski definition) is 5. The van der Waals surface area contributed by atoms with Crippen molar-refractivity contribution in [2.45, 2.75) is 50.1 Å². The molecule has 4 heterocycles. The highest BCUT2D eigenvalue weighted by Crippen LogP contribution is 2.43. The summed E-state index contributed by atoms with van der Waals surface area (Å²) in [5.41, 5.74) is 1.90. The summed E-state index contributed by atoms with van der Waals surface area (Å²) < 4.78 is 5.59. The van der Waals surface area contributed by atoms with E-state index < -0.39 is 0 Å². The van der Waals surface area contributed by atoms with E-state index in [9.17, 15) is 4.79 Å². The highest BCUT2D eigenvalue weighted by Gasteiger charge is 2.44. The van der Waals surface area contributed by atoms with E-state index >= 15 is 0 Å². The molecule has 1 amide bonds. The average molecular weight is 409 g/mol. The van der Waals surface area contributed by atoms with Gasteiger partial charge in [-0.15, -0.1) is 0 Å². The Kier molecular flexibility index (Phi) is 4.79. The Morgan fingerprint density at radius 1 is 1.07 bits per heavy atom. The van der Waals surface area contributed by atoms with Crippen molar-refractivity contribution in [3.05, 3.63) is 65.3 Å². The third-order valence-electron chi connectivity index (χ3n) is 6.02. The van der Waals surface area contributed by atoms with Gasteiger partial charge in [-0.05, 0) is 55.5 Å². The lowest BCUT2D eigenvalue weighted by Gasteiger charge is -2.38. The number of benzene rings is 1. The lowest BCUT2D eigenvalue weighted by molar-refractivity contribution is -0.135. The number of carbonyl (C=O) groups excluding carboxylic acids is 1. The fourth-order valence-electron chi connectivity index (χ4n) is 4.67. The van der Waals surface area contributed by atoms with Crippen molar-refractivity contribution in [1.29, 1.82) is 0 Å². The van der Waals surface area contributed by atoms with Crippen LogP contribution < -0.4 is 0 Å². The van der Waals surface area contributed by atoms with E-state index in [0.29, 0.717) is 23.2 Å². The SMILES string of the molecule is O=C(Cc1ccc(Cl)cc1)N1[C@@H]2CC[C@H]1CC(c1nc(-c3ccncc3)no1)C2. The third kappa shape index (κ3) is 3.65. The zero-order valence-electron chi connectivity index (χ0n) is 15.9. The quantitative estimate of drug-likeness (QED) is 0.644. The third-order valence-corrected chi connectivity index (χ3v) is 6.27. The molecule has 0 aliphatic carbocycles. The smallest absolute Gasteiger partial charge is 0.230 e. The molecule has 3 atom stereocenters. The highest BCUT2D eigenvalue weighted by molar-refractivity contribution is 6.30. The summed E-state index contributed by atoms with van der Waals surface area (Å²) in [6, 6.07) is 11.8. The van der Waals surface area contributed by atoms with Crippen LogP contribution in [0.25, 0.3) is 11.4 Å². The molecule has 0 saturated carbocycles. The Labute approximate surface area is 173 Å². The zero-order valence-corrected chi connectivity index (χ0v) is 16.6. The number of nitrogens with zero attached hydrogens (tertiary/aromatic N) is 4. The predicted molar refractivity (Wildman–Crippen MR) is 108 cm³/mol. The number of amides is 1. The molecular formula is C22H21ClN4O2. The standard InChI is InChI=1S/C22H21ClN4O2/c23-17-3-1-14(2-4-17)11-20(28)27-18-5-6-19(27)13-16(12-18)22-25-21(26-29-22)15-7-9-24-10-8-15/h1-4,7-10,16,18-19H,5-6,11-13H2/t16?,18-,19+. The van der Waals surface area contributed by atoms with Crippen LogP contribution in [0.1, 0.15) is 43.1 Å². The van der Waals surface area contributed by atoms with Crippen LogP contribution in [0.15, 0.2) is 53.3 Å². The number of carbonyl (C=O) groups is 1. The fraction of sp³-hybridized carbons (Fsp3) is 0.364. The molecule has 1 unspecified atom stereocenters. The number of rotatable bonds is 4. The van der Waals surface area contributed by atoms with E-state index in [1.165, 1.54) is 0 Å². The molecule has 3 aromatic rings. The molecule has 29 heavy (non-hydrogen) atoms. The second-order valence-electron chi connectivity index (χ2n) is 7.85. The first-order valence-corrected chi connectivity index (χ1v) is 10.3. The van der Waals surface area contributed by atoms with Crippen LogP contribution in [0, 0.1) is 0 Å². The van der Waals surface area contributed by atoms with E-state index in [0.717, 1.165) is 36.8 Å². The number of piperidine rings is 1. The molecule has 6 nitrogen and oxygen atoms in total. The molecule has 5 rings (SSSR count). The maximum Gasteiger partial charge on any atom is 0.230 e. The van der Waals surface area contributed by atoms with Gasteiger partial charge in [0.2, 0.25) is 17.6 Å². The Hall–Kier alpha value is -2.73. The van der Waals surface area contributed by atoms with Crippen LogP contribution in [-0.2, 0) is 11.2 Å². The van der Waals surface area contributed by atoms with Crippen LogP contribution in [-0.4, -0.2) is 38.0 Å². The highest BCUT2D eigenvalue weighted by atomic mass is 35.5.